The molecular formula is C13H8BrFN2. The van der Waals surface area contributed by atoms with Crippen molar-refractivity contribution in [1.29, 1.82) is 0 Å². The summed E-state index contributed by atoms with van der Waals surface area (Å²) in [5.41, 5.74) is 2.78. The molecule has 3 rings (SSSR count). The van der Waals surface area contributed by atoms with E-state index in [1.807, 2.05) is 28.8 Å². The molecule has 0 fully saturated rings. The maximum Gasteiger partial charge on any atom is 0.182 e. The number of fused-ring (bicyclic) bond motifs is 1. The van der Waals surface area contributed by atoms with Crippen LogP contribution < -0.4 is 0 Å². The third kappa shape index (κ3) is 1.74. The van der Waals surface area contributed by atoms with Crippen LogP contribution in [-0.2, 0) is 0 Å². The van der Waals surface area contributed by atoms with Gasteiger partial charge in [0.15, 0.2) is 4.73 Å². The van der Waals surface area contributed by atoms with E-state index in [9.17, 15) is 4.39 Å². The number of imidazole rings is 1. The number of benzene rings is 2. The third-order valence-corrected chi connectivity index (χ3v) is 3.14. The van der Waals surface area contributed by atoms with E-state index >= 15 is 0 Å². The highest BCUT2D eigenvalue weighted by Gasteiger charge is 2.09. The molecule has 0 saturated heterocycles. The first kappa shape index (κ1) is 10.5. The molecule has 0 aliphatic rings. The lowest BCUT2D eigenvalue weighted by molar-refractivity contribution is 0.627. The van der Waals surface area contributed by atoms with Gasteiger partial charge in [-0.2, -0.15) is 0 Å². The highest BCUT2D eigenvalue weighted by atomic mass is 79.9. The lowest BCUT2D eigenvalue weighted by atomic mass is 10.3. The first-order valence-corrected chi connectivity index (χ1v) is 5.94. The molecule has 0 saturated carbocycles. The zero-order valence-corrected chi connectivity index (χ0v) is 10.4. The van der Waals surface area contributed by atoms with Crippen molar-refractivity contribution in [3.05, 3.63) is 59.1 Å². The van der Waals surface area contributed by atoms with Gasteiger partial charge in [-0.3, -0.25) is 4.57 Å². The van der Waals surface area contributed by atoms with Crippen molar-refractivity contribution < 1.29 is 4.39 Å². The largest absolute Gasteiger partial charge is 0.287 e. The van der Waals surface area contributed by atoms with Crippen LogP contribution in [0.15, 0.2) is 53.3 Å². The van der Waals surface area contributed by atoms with Gasteiger partial charge in [-0.05, 0) is 52.3 Å². The van der Waals surface area contributed by atoms with E-state index in [2.05, 4.69) is 20.9 Å². The first-order valence-electron chi connectivity index (χ1n) is 5.14. The summed E-state index contributed by atoms with van der Waals surface area (Å²) in [6.07, 6.45) is 0. The molecule has 84 valence electrons. The quantitative estimate of drug-likeness (QED) is 0.664. The van der Waals surface area contributed by atoms with Crippen LogP contribution >= 0.6 is 15.9 Å². The van der Waals surface area contributed by atoms with Crippen molar-refractivity contribution in [3.8, 4) is 5.69 Å². The minimum atomic E-state index is -0.241. The Labute approximate surface area is 106 Å². The van der Waals surface area contributed by atoms with E-state index in [1.165, 1.54) is 12.1 Å². The van der Waals surface area contributed by atoms with Gasteiger partial charge in [0.05, 0.1) is 11.0 Å². The Balaban J connectivity index is 2.29. The number of hydrogen-bond acceptors (Lipinski definition) is 1. The fraction of sp³-hybridized carbons (Fsp3) is 0. The van der Waals surface area contributed by atoms with Crippen molar-refractivity contribution in [1.82, 2.24) is 9.55 Å². The van der Waals surface area contributed by atoms with Crippen LogP contribution in [-0.4, -0.2) is 9.55 Å². The van der Waals surface area contributed by atoms with Crippen LogP contribution in [0.4, 0.5) is 4.39 Å². The Morgan fingerprint density at radius 3 is 2.47 bits per heavy atom. The van der Waals surface area contributed by atoms with E-state index < -0.39 is 0 Å². The highest BCUT2D eigenvalue weighted by Crippen LogP contribution is 2.24. The second kappa shape index (κ2) is 3.96. The number of para-hydroxylation sites is 2. The average Bonchev–Trinajstić information content (AvgIpc) is 2.66. The summed E-state index contributed by atoms with van der Waals surface area (Å²) in [6, 6.07) is 14.2. The molecular weight excluding hydrogens is 283 g/mol. The van der Waals surface area contributed by atoms with Crippen LogP contribution in [0.3, 0.4) is 0 Å². The zero-order chi connectivity index (χ0) is 11.8. The second-order valence-electron chi connectivity index (χ2n) is 3.68. The molecule has 0 bridgehead atoms. The summed E-state index contributed by atoms with van der Waals surface area (Å²) in [4.78, 5) is 4.40. The predicted octanol–water partition coefficient (Wildman–Crippen LogP) is 3.93. The Bertz CT molecular complexity index is 673. The molecule has 0 aliphatic carbocycles. The maximum absolute atomic E-state index is 12.9. The minimum absolute atomic E-state index is 0.241. The monoisotopic (exact) mass is 290 g/mol. The molecule has 0 radical (unpaired) electrons. The number of rotatable bonds is 1. The molecule has 0 N–H and O–H groups in total. The smallest absolute Gasteiger partial charge is 0.182 e. The molecule has 0 atom stereocenters. The molecule has 4 heteroatoms. The zero-order valence-electron chi connectivity index (χ0n) is 8.77. The van der Waals surface area contributed by atoms with Crippen molar-refractivity contribution >= 4 is 27.0 Å². The Morgan fingerprint density at radius 2 is 1.71 bits per heavy atom. The maximum atomic E-state index is 12.9. The van der Waals surface area contributed by atoms with Crippen LogP contribution in [0, 0.1) is 5.82 Å². The van der Waals surface area contributed by atoms with Gasteiger partial charge in [0.25, 0.3) is 0 Å². The lowest BCUT2D eigenvalue weighted by Gasteiger charge is -2.05. The normalized spacial score (nSPS) is 10.9. The van der Waals surface area contributed by atoms with Gasteiger partial charge >= 0.3 is 0 Å². The van der Waals surface area contributed by atoms with Gasteiger partial charge in [-0.1, -0.05) is 12.1 Å². The van der Waals surface area contributed by atoms with Crippen molar-refractivity contribution in [2.75, 3.05) is 0 Å². The highest BCUT2D eigenvalue weighted by molar-refractivity contribution is 9.10. The molecule has 0 amide bonds. The van der Waals surface area contributed by atoms with Crippen molar-refractivity contribution in [3.63, 3.8) is 0 Å². The van der Waals surface area contributed by atoms with E-state index in [4.69, 9.17) is 0 Å². The van der Waals surface area contributed by atoms with Crippen LogP contribution in [0.1, 0.15) is 0 Å². The summed E-state index contributed by atoms with van der Waals surface area (Å²) in [7, 11) is 0. The van der Waals surface area contributed by atoms with E-state index in [0.717, 1.165) is 16.7 Å². The molecule has 1 heterocycles. The summed E-state index contributed by atoms with van der Waals surface area (Å²) in [6.45, 7) is 0. The topological polar surface area (TPSA) is 17.8 Å². The van der Waals surface area contributed by atoms with Crippen LogP contribution in [0.2, 0.25) is 0 Å². The van der Waals surface area contributed by atoms with Crippen LogP contribution in [0.5, 0.6) is 0 Å². The Kier molecular flexibility index (Phi) is 2.44. The van der Waals surface area contributed by atoms with Gasteiger partial charge in [0.2, 0.25) is 0 Å². The molecule has 2 nitrogen and oxygen atoms in total. The van der Waals surface area contributed by atoms with Gasteiger partial charge in [-0.25, -0.2) is 9.37 Å². The molecule has 0 aliphatic heterocycles. The number of nitrogens with zero attached hydrogens (tertiary/aromatic N) is 2. The SMILES string of the molecule is Fc1ccc(-n2c(Br)nc3ccccc32)cc1. The first-order chi connectivity index (χ1) is 8.25. The minimum Gasteiger partial charge on any atom is -0.287 e. The summed E-state index contributed by atoms with van der Waals surface area (Å²) < 4.78 is 15.6. The van der Waals surface area contributed by atoms with Crippen molar-refractivity contribution in [2.45, 2.75) is 0 Å². The lowest BCUT2D eigenvalue weighted by Crippen LogP contribution is -1.94. The summed E-state index contributed by atoms with van der Waals surface area (Å²) >= 11 is 3.42. The van der Waals surface area contributed by atoms with Gasteiger partial charge in [-0.15, -0.1) is 0 Å². The number of aromatic nitrogens is 2. The van der Waals surface area contributed by atoms with Crippen LogP contribution in [0.25, 0.3) is 16.7 Å². The fourth-order valence-electron chi connectivity index (χ4n) is 1.83. The molecule has 2 aromatic carbocycles. The fourth-order valence-corrected chi connectivity index (χ4v) is 2.42. The van der Waals surface area contributed by atoms with Crippen molar-refractivity contribution in [2.24, 2.45) is 0 Å². The standard InChI is InChI=1S/C13H8BrFN2/c14-13-16-11-3-1-2-4-12(11)17(13)10-7-5-9(15)6-8-10/h1-8H. The van der Waals surface area contributed by atoms with E-state index in [1.54, 1.807) is 12.1 Å². The predicted molar refractivity (Wildman–Crippen MR) is 68.7 cm³/mol. The average molecular weight is 291 g/mol. The molecule has 17 heavy (non-hydrogen) atoms. The summed E-state index contributed by atoms with van der Waals surface area (Å²) in [5.74, 6) is -0.241. The number of hydrogen-bond donors (Lipinski definition) is 0. The third-order valence-electron chi connectivity index (χ3n) is 2.60. The number of halogens is 2. The molecule has 3 aromatic rings. The van der Waals surface area contributed by atoms with Gasteiger partial charge in [0.1, 0.15) is 5.82 Å². The summed E-state index contributed by atoms with van der Waals surface area (Å²) in [5, 5.41) is 0. The Morgan fingerprint density at radius 1 is 1.00 bits per heavy atom. The van der Waals surface area contributed by atoms with E-state index in [0.29, 0.717) is 4.73 Å². The molecule has 0 unspecified atom stereocenters. The van der Waals surface area contributed by atoms with Gasteiger partial charge < -0.3 is 0 Å². The molecule has 1 aromatic heterocycles. The van der Waals surface area contributed by atoms with Gasteiger partial charge in [0, 0.05) is 5.69 Å². The van der Waals surface area contributed by atoms with E-state index in [-0.39, 0.29) is 5.82 Å². The molecule has 0 spiro atoms. The second-order valence-corrected chi connectivity index (χ2v) is 4.39. The Hall–Kier alpha value is -1.68.